The molecule has 3 aliphatic rings. The van der Waals surface area contributed by atoms with Crippen LogP contribution in [0.2, 0.25) is 0 Å². The maximum atomic E-state index is 15.4. The number of halogens is 1. The Hall–Kier alpha value is -2.61. The van der Waals surface area contributed by atoms with Gasteiger partial charge in [0.15, 0.2) is 5.82 Å². The normalized spacial score (nSPS) is 24.4. The smallest absolute Gasteiger partial charge is 0.320 e. The zero-order chi connectivity index (χ0) is 25.7. The number of fused-ring (bicyclic) bond motifs is 3. The Morgan fingerprint density at radius 2 is 2.00 bits per heavy atom. The van der Waals surface area contributed by atoms with Gasteiger partial charge < -0.3 is 19.5 Å². The number of benzene rings is 1. The number of carboxylic acid groups (broad SMARTS) is 1. The van der Waals surface area contributed by atoms with Gasteiger partial charge in [-0.1, -0.05) is 0 Å². The number of aryl methyl sites for hydroxylation is 1. The molecule has 212 valence electrons. The summed E-state index contributed by atoms with van der Waals surface area (Å²) < 4.78 is 28.3. The highest BCUT2D eigenvalue weighted by atomic mass is 32.1. The minimum atomic E-state index is -1.08. The van der Waals surface area contributed by atoms with Gasteiger partial charge in [0.2, 0.25) is 0 Å². The predicted octanol–water partition coefficient (Wildman–Crippen LogP) is 2.94. The fourth-order valence-corrected chi connectivity index (χ4v) is 5.99. The average Bonchev–Trinajstić information content (AvgIpc) is 3.63. The molecular formula is C26H35FN6O4S2. The van der Waals surface area contributed by atoms with Gasteiger partial charge in [0.1, 0.15) is 12.0 Å². The van der Waals surface area contributed by atoms with Crippen LogP contribution in [0.3, 0.4) is 0 Å². The molecule has 0 saturated carbocycles. The van der Waals surface area contributed by atoms with Gasteiger partial charge >= 0.3 is 12.0 Å². The summed E-state index contributed by atoms with van der Waals surface area (Å²) in [4.78, 5) is 24.2. The van der Waals surface area contributed by atoms with E-state index in [1.54, 1.807) is 18.0 Å². The van der Waals surface area contributed by atoms with Gasteiger partial charge in [0, 0.05) is 37.0 Å². The zero-order valence-electron chi connectivity index (χ0n) is 22.0. The Kier molecular flexibility index (Phi) is 8.94. The molecule has 2 aromatic heterocycles. The van der Waals surface area contributed by atoms with Crippen molar-refractivity contribution in [3.63, 3.8) is 0 Å². The van der Waals surface area contributed by atoms with E-state index in [9.17, 15) is 4.79 Å². The Morgan fingerprint density at radius 3 is 2.67 bits per heavy atom. The molecule has 3 aliphatic heterocycles. The number of nitrogens with zero attached hydrogens (tertiary/aromatic N) is 6. The maximum Gasteiger partial charge on any atom is 0.320 e. The molecule has 4 unspecified atom stereocenters. The maximum absolute atomic E-state index is 15.4. The lowest BCUT2D eigenvalue weighted by Gasteiger charge is -2.35. The van der Waals surface area contributed by atoms with Crippen molar-refractivity contribution in [2.45, 2.75) is 50.4 Å². The molecule has 6 rings (SSSR count). The van der Waals surface area contributed by atoms with Crippen LogP contribution in [-0.2, 0) is 9.53 Å². The summed E-state index contributed by atoms with van der Waals surface area (Å²) in [7, 11) is 1.55. The molecule has 3 aromatic rings. The summed E-state index contributed by atoms with van der Waals surface area (Å²) in [6.07, 6.45) is 2.61. The van der Waals surface area contributed by atoms with Crippen LogP contribution in [0.15, 0.2) is 24.4 Å². The van der Waals surface area contributed by atoms with Crippen molar-refractivity contribution in [2.75, 3.05) is 44.8 Å². The average molecular weight is 579 g/mol. The van der Waals surface area contributed by atoms with Gasteiger partial charge in [-0.15, -0.1) is 0 Å². The molecular weight excluding hydrogens is 543 g/mol. The Morgan fingerprint density at radius 1 is 1.21 bits per heavy atom. The van der Waals surface area contributed by atoms with E-state index in [0.29, 0.717) is 38.0 Å². The lowest BCUT2D eigenvalue weighted by Crippen LogP contribution is -2.41. The standard InChI is InChI=1S/C26H31FN6O4.2H2S/c1-15-7-16-11-28-33(22(16)9-20(15)19-3-5-31(13-21(19)27)6-4-25(34)35)24-10-23(29-26(30-24)36-2)32-12-18-8-17(32)14-37-18;;/h7,9-11,17-19,21H,3-6,8,12-14H2,1-2H3,(H,34,35);2*1H2. The lowest BCUT2D eigenvalue weighted by molar-refractivity contribution is -0.137. The van der Waals surface area contributed by atoms with Crippen molar-refractivity contribution in [2.24, 2.45) is 0 Å². The van der Waals surface area contributed by atoms with Crippen LogP contribution < -0.4 is 9.64 Å². The first-order valence-electron chi connectivity index (χ1n) is 12.8. The molecule has 1 N–H and O–H groups in total. The summed E-state index contributed by atoms with van der Waals surface area (Å²) in [6, 6.07) is 6.57. The van der Waals surface area contributed by atoms with E-state index in [-0.39, 0.29) is 58.0 Å². The van der Waals surface area contributed by atoms with E-state index in [1.807, 2.05) is 30.0 Å². The van der Waals surface area contributed by atoms with Crippen molar-refractivity contribution >= 4 is 49.7 Å². The monoisotopic (exact) mass is 578 g/mol. The van der Waals surface area contributed by atoms with E-state index in [2.05, 4.69) is 20.0 Å². The van der Waals surface area contributed by atoms with Gasteiger partial charge in [-0.3, -0.25) is 9.69 Å². The predicted molar refractivity (Wildman–Crippen MR) is 155 cm³/mol. The molecule has 10 nitrogen and oxygen atoms in total. The number of aliphatic carboxylic acids is 1. The van der Waals surface area contributed by atoms with Crippen LogP contribution in [0.5, 0.6) is 6.01 Å². The fraction of sp³-hybridized carbons (Fsp3) is 0.538. The van der Waals surface area contributed by atoms with Crippen molar-refractivity contribution < 1.29 is 23.8 Å². The molecule has 0 amide bonds. The Labute approximate surface area is 240 Å². The SMILES string of the molecule is COc1nc(N2CC3CC2CO3)cc(-n2ncc3cc(C)c(C4CCN(CCC(=O)O)CC4F)cc32)n1.S.S. The van der Waals surface area contributed by atoms with E-state index >= 15 is 4.39 Å². The van der Waals surface area contributed by atoms with Crippen LogP contribution in [-0.4, -0.2) is 93.9 Å². The van der Waals surface area contributed by atoms with Crippen LogP contribution in [0, 0.1) is 6.92 Å². The largest absolute Gasteiger partial charge is 0.481 e. The summed E-state index contributed by atoms with van der Waals surface area (Å²) in [5.41, 5.74) is 2.82. The number of ether oxygens (including phenoxy) is 2. The quantitative estimate of drug-likeness (QED) is 0.453. The van der Waals surface area contributed by atoms with Crippen LogP contribution in [0.25, 0.3) is 16.7 Å². The second-order valence-corrected chi connectivity index (χ2v) is 10.2. The zero-order valence-corrected chi connectivity index (χ0v) is 24.0. The summed E-state index contributed by atoms with van der Waals surface area (Å²) >= 11 is 0. The topological polar surface area (TPSA) is 106 Å². The number of hydrogen-bond acceptors (Lipinski definition) is 8. The molecule has 3 saturated heterocycles. The first kappa shape index (κ1) is 29.4. The number of methoxy groups -OCH3 is 1. The Bertz CT molecular complexity index is 1340. The van der Waals surface area contributed by atoms with Gasteiger partial charge in [0.25, 0.3) is 0 Å². The third-order valence-electron chi connectivity index (χ3n) is 7.90. The highest BCUT2D eigenvalue weighted by molar-refractivity contribution is 7.59. The van der Waals surface area contributed by atoms with Crippen LogP contribution in [0.4, 0.5) is 10.2 Å². The first-order chi connectivity index (χ1) is 17.9. The number of rotatable bonds is 7. The second-order valence-electron chi connectivity index (χ2n) is 10.2. The number of piperidine rings is 1. The molecule has 5 heterocycles. The minimum Gasteiger partial charge on any atom is -0.481 e. The number of anilines is 1. The van der Waals surface area contributed by atoms with Crippen molar-refractivity contribution in [1.82, 2.24) is 24.6 Å². The van der Waals surface area contributed by atoms with Crippen LogP contribution >= 0.6 is 27.0 Å². The molecule has 0 spiro atoms. The van der Waals surface area contributed by atoms with Gasteiger partial charge in [-0.2, -0.15) is 42.1 Å². The third kappa shape index (κ3) is 5.67. The van der Waals surface area contributed by atoms with Crippen molar-refractivity contribution in [3.8, 4) is 11.8 Å². The van der Waals surface area contributed by atoms with Gasteiger partial charge in [0.05, 0.1) is 44.0 Å². The molecule has 0 aliphatic carbocycles. The number of likely N-dealkylation sites (tertiary alicyclic amines) is 1. The number of morpholine rings is 1. The van der Waals surface area contributed by atoms with Gasteiger partial charge in [-0.05, 0) is 49.6 Å². The number of hydrogen-bond donors (Lipinski definition) is 1. The Balaban J connectivity index is 0.00000176. The first-order valence-corrected chi connectivity index (χ1v) is 12.8. The number of aromatic nitrogens is 4. The second kappa shape index (κ2) is 11.9. The minimum absolute atomic E-state index is 0. The van der Waals surface area contributed by atoms with Crippen molar-refractivity contribution in [1.29, 1.82) is 0 Å². The molecule has 0 radical (unpaired) electrons. The molecule has 13 heteroatoms. The number of carboxylic acids is 1. The summed E-state index contributed by atoms with van der Waals surface area (Å²) in [5, 5.41) is 14.5. The third-order valence-corrected chi connectivity index (χ3v) is 7.90. The molecule has 2 bridgehead atoms. The summed E-state index contributed by atoms with van der Waals surface area (Å²) in [5.74, 6) is 0.258. The lowest BCUT2D eigenvalue weighted by atomic mass is 9.85. The van der Waals surface area contributed by atoms with Gasteiger partial charge in [-0.25, -0.2) is 9.07 Å². The highest BCUT2D eigenvalue weighted by Crippen LogP contribution is 2.36. The number of carbonyl (C=O) groups is 1. The van der Waals surface area contributed by atoms with Crippen LogP contribution in [0.1, 0.15) is 36.3 Å². The van der Waals surface area contributed by atoms with E-state index in [1.165, 1.54) is 0 Å². The molecule has 4 atom stereocenters. The van der Waals surface area contributed by atoms with Crippen molar-refractivity contribution in [3.05, 3.63) is 35.5 Å². The summed E-state index contributed by atoms with van der Waals surface area (Å²) in [6.45, 7) is 4.77. The molecule has 3 fully saturated rings. The fourth-order valence-electron chi connectivity index (χ4n) is 5.99. The number of alkyl halides is 1. The van der Waals surface area contributed by atoms with E-state index < -0.39 is 12.1 Å². The van der Waals surface area contributed by atoms with E-state index in [4.69, 9.17) is 14.6 Å². The molecule has 1 aromatic carbocycles. The molecule has 39 heavy (non-hydrogen) atoms. The highest BCUT2D eigenvalue weighted by Gasteiger charge is 2.40. The van der Waals surface area contributed by atoms with E-state index in [0.717, 1.165) is 40.8 Å².